The number of fused-ring (bicyclic) bond motifs is 2. The van der Waals surface area contributed by atoms with Gasteiger partial charge < -0.3 is 10.2 Å². The highest BCUT2D eigenvalue weighted by Gasteiger charge is 2.26. The fourth-order valence-corrected chi connectivity index (χ4v) is 4.71. The van der Waals surface area contributed by atoms with Gasteiger partial charge in [-0.25, -0.2) is 14.8 Å². The molecular formula is C25H28N8O2. The van der Waals surface area contributed by atoms with Gasteiger partial charge in [0, 0.05) is 37.3 Å². The van der Waals surface area contributed by atoms with Crippen molar-refractivity contribution in [2.24, 2.45) is 7.05 Å². The lowest BCUT2D eigenvalue weighted by Crippen LogP contribution is -2.46. The molecule has 4 aromatic rings. The number of H-pyrrole nitrogens is 1. The third-order valence-corrected chi connectivity index (χ3v) is 6.49. The molecule has 0 radical (unpaired) electrons. The summed E-state index contributed by atoms with van der Waals surface area (Å²) in [5.74, 6) is 7.34. The molecule has 35 heavy (non-hydrogen) atoms. The predicted molar refractivity (Wildman–Crippen MR) is 135 cm³/mol. The number of anilines is 1. The molecule has 1 fully saturated rings. The van der Waals surface area contributed by atoms with E-state index in [2.05, 4.69) is 32.0 Å². The van der Waals surface area contributed by atoms with Gasteiger partial charge in [0.2, 0.25) is 5.95 Å². The second-order valence-electron chi connectivity index (χ2n) is 8.82. The Balaban J connectivity index is 1.41. The number of aryl methyl sites for hydroxylation is 2. The molecule has 10 nitrogen and oxygen atoms in total. The van der Waals surface area contributed by atoms with E-state index in [0.29, 0.717) is 36.7 Å². The average Bonchev–Trinajstić information content (AvgIpc) is 3.25. The highest BCUT2D eigenvalue weighted by molar-refractivity contribution is 5.80. The third kappa shape index (κ3) is 4.31. The summed E-state index contributed by atoms with van der Waals surface area (Å²) in [7, 11) is 1.61. The summed E-state index contributed by atoms with van der Waals surface area (Å²) >= 11 is 0. The fourth-order valence-electron chi connectivity index (χ4n) is 4.71. The lowest BCUT2D eigenvalue weighted by Gasteiger charge is -2.34. The molecule has 0 aliphatic carbocycles. The molecule has 0 bridgehead atoms. The number of benzene rings is 1. The number of imidazole rings is 1. The monoisotopic (exact) mass is 472 g/mol. The van der Waals surface area contributed by atoms with Gasteiger partial charge in [-0.2, -0.15) is 4.98 Å². The van der Waals surface area contributed by atoms with Crippen LogP contribution < -0.4 is 21.5 Å². The number of aromatic nitrogens is 6. The second-order valence-corrected chi connectivity index (χ2v) is 8.82. The minimum absolute atomic E-state index is 0.201. The summed E-state index contributed by atoms with van der Waals surface area (Å²) in [5.41, 5.74) is 1.71. The zero-order valence-electron chi connectivity index (χ0n) is 20.1. The Morgan fingerprint density at radius 3 is 2.86 bits per heavy atom. The molecule has 180 valence electrons. The maximum Gasteiger partial charge on any atom is 0.329 e. The maximum absolute atomic E-state index is 12.7. The van der Waals surface area contributed by atoms with Crippen LogP contribution in [-0.2, 0) is 20.1 Å². The van der Waals surface area contributed by atoms with Gasteiger partial charge >= 0.3 is 5.69 Å². The smallest absolute Gasteiger partial charge is 0.329 e. The molecule has 0 spiro atoms. The van der Waals surface area contributed by atoms with Gasteiger partial charge in [-0.1, -0.05) is 24.1 Å². The zero-order valence-corrected chi connectivity index (χ0v) is 20.1. The van der Waals surface area contributed by atoms with Gasteiger partial charge in [0.1, 0.15) is 5.82 Å². The van der Waals surface area contributed by atoms with Gasteiger partial charge in [0.05, 0.1) is 18.6 Å². The van der Waals surface area contributed by atoms with Crippen LogP contribution in [0.15, 0.2) is 33.9 Å². The van der Waals surface area contributed by atoms with E-state index in [-0.39, 0.29) is 6.04 Å². The van der Waals surface area contributed by atoms with Crippen molar-refractivity contribution in [1.82, 2.24) is 34.4 Å². The summed E-state index contributed by atoms with van der Waals surface area (Å²) in [6.45, 7) is 6.17. The lowest BCUT2D eigenvalue weighted by molar-refractivity contribution is 0.412. The van der Waals surface area contributed by atoms with E-state index in [0.717, 1.165) is 41.8 Å². The van der Waals surface area contributed by atoms with Crippen LogP contribution >= 0.6 is 0 Å². The standard InChI is InChI=1S/C25H28N8O2/c1-4-5-13-33-21-22(31(3)25(35)30-23(21)34)29-24(33)32-12-8-9-17(15-32)26-14-20-27-16(2)18-10-6-7-11-19(18)28-20/h6-7,10-11,17,26H,8-9,12-15H2,1-3H3,(H,30,34,35)/t17-/m1/s1. The number of nitrogens with one attached hydrogen (secondary N) is 2. The SMILES string of the molecule is CC#CCn1c(N2CCC[C@@H](NCc3nc(C)c4ccccc4n3)C2)nc2c1c(=O)[nH]c(=O)n2C. The summed E-state index contributed by atoms with van der Waals surface area (Å²) in [5, 5.41) is 4.67. The first-order valence-electron chi connectivity index (χ1n) is 11.8. The summed E-state index contributed by atoms with van der Waals surface area (Å²) < 4.78 is 3.18. The largest absolute Gasteiger partial charge is 0.341 e. The molecule has 1 aliphatic heterocycles. The molecule has 1 aromatic carbocycles. The van der Waals surface area contributed by atoms with Gasteiger partial charge in [-0.15, -0.1) is 5.92 Å². The summed E-state index contributed by atoms with van der Waals surface area (Å²) in [6, 6.07) is 8.23. The molecule has 0 saturated carbocycles. The molecule has 1 atom stereocenters. The van der Waals surface area contributed by atoms with E-state index in [1.807, 2.05) is 35.8 Å². The molecule has 2 N–H and O–H groups in total. The normalized spacial score (nSPS) is 16.0. The van der Waals surface area contributed by atoms with E-state index in [4.69, 9.17) is 9.97 Å². The first-order chi connectivity index (χ1) is 17.0. The number of aromatic amines is 1. The van der Waals surface area contributed by atoms with Crippen LogP contribution in [0.25, 0.3) is 22.1 Å². The van der Waals surface area contributed by atoms with E-state index in [9.17, 15) is 9.59 Å². The van der Waals surface area contributed by atoms with Crippen LogP contribution in [0, 0.1) is 18.8 Å². The average molecular weight is 473 g/mol. The van der Waals surface area contributed by atoms with Gasteiger partial charge in [-0.05, 0) is 32.8 Å². The number of para-hydroxylation sites is 1. The molecular weight excluding hydrogens is 444 g/mol. The number of hydrogen-bond acceptors (Lipinski definition) is 7. The summed E-state index contributed by atoms with van der Waals surface area (Å²) in [6.07, 6.45) is 1.98. The third-order valence-electron chi connectivity index (χ3n) is 6.49. The molecule has 5 rings (SSSR count). The number of rotatable bonds is 5. The Morgan fingerprint density at radius 2 is 2.03 bits per heavy atom. The maximum atomic E-state index is 12.7. The van der Waals surface area contributed by atoms with Crippen molar-refractivity contribution in [3.8, 4) is 11.8 Å². The number of piperidine rings is 1. The van der Waals surface area contributed by atoms with Gasteiger partial charge in [-0.3, -0.25) is 18.9 Å². The minimum Gasteiger partial charge on any atom is -0.341 e. The molecule has 0 amide bonds. The quantitative estimate of drug-likeness (QED) is 0.423. The van der Waals surface area contributed by atoms with Crippen LogP contribution in [0.4, 0.5) is 5.95 Å². The van der Waals surface area contributed by atoms with Crippen LogP contribution in [0.5, 0.6) is 0 Å². The first kappa shape index (κ1) is 22.8. The van der Waals surface area contributed by atoms with Crippen molar-refractivity contribution in [3.05, 3.63) is 56.6 Å². The second kappa shape index (κ2) is 9.35. The molecule has 0 unspecified atom stereocenters. The number of nitrogens with zero attached hydrogens (tertiary/aromatic N) is 6. The van der Waals surface area contributed by atoms with Crippen LogP contribution in [-0.4, -0.2) is 48.2 Å². The highest BCUT2D eigenvalue weighted by atomic mass is 16.2. The van der Waals surface area contributed by atoms with E-state index in [1.54, 1.807) is 14.0 Å². The highest BCUT2D eigenvalue weighted by Crippen LogP contribution is 2.23. The Bertz CT molecular complexity index is 1590. The van der Waals surface area contributed by atoms with E-state index >= 15 is 0 Å². The summed E-state index contributed by atoms with van der Waals surface area (Å²) in [4.78, 5) is 43.4. The lowest BCUT2D eigenvalue weighted by atomic mass is 10.1. The van der Waals surface area contributed by atoms with Gasteiger partial charge in [0.25, 0.3) is 5.56 Å². The van der Waals surface area contributed by atoms with Crippen LogP contribution in [0.2, 0.25) is 0 Å². The molecule has 1 aliphatic rings. The topological polar surface area (TPSA) is 114 Å². The molecule has 10 heteroatoms. The Hall–Kier alpha value is -3.97. The van der Waals surface area contributed by atoms with Gasteiger partial charge in [0.15, 0.2) is 11.2 Å². The van der Waals surface area contributed by atoms with Crippen molar-refractivity contribution >= 4 is 28.0 Å². The Morgan fingerprint density at radius 1 is 1.20 bits per heavy atom. The van der Waals surface area contributed by atoms with Crippen LogP contribution in [0.1, 0.15) is 31.3 Å². The van der Waals surface area contributed by atoms with Crippen molar-refractivity contribution in [2.45, 2.75) is 45.8 Å². The Labute approximate surface area is 202 Å². The number of hydrogen-bond donors (Lipinski definition) is 2. The fraction of sp³-hybridized carbons (Fsp3) is 0.400. The minimum atomic E-state index is -0.482. The molecule has 3 aromatic heterocycles. The van der Waals surface area contributed by atoms with E-state index in [1.165, 1.54) is 4.57 Å². The Kier molecular flexibility index (Phi) is 6.09. The van der Waals surface area contributed by atoms with Crippen molar-refractivity contribution in [2.75, 3.05) is 18.0 Å². The van der Waals surface area contributed by atoms with Crippen molar-refractivity contribution in [3.63, 3.8) is 0 Å². The molecule has 1 saturated heterocycles. The predicted octanol–water partition coefficient (Wildman–Crippen LogP) is 1.46. The zero-order chi connectivity index (χ0) is 24.5. The van der Waals surface area contributed by atoms with E-state index < -0.39 is 11.2 Å². The van der Waals surface area contributed by atoms with Crippen LogP contribution in [0.3, 0.4) is 0 Å². The first-order valence-corrected chi connectivity index (χ1v) is 11.8. The molecule has 4 heterocycles. The van der Waals surface area contributed by atoms with Crippen molar-refractivity contribution < 1.29 is 0 Å². The van der Waals surface area contributed by atoms with Crippen molar-refractivity contribution in [1.29, 1.82) is 0 Å².